The minimum atomic E-state index is -0.345. The van der Waals surface area contributed by atoms with Crippen molar-refractivity contribution in [1.82, 2.24) is 0 Å². The van der Waals surface area contributed by atoms with Gasteiger partial charge in [-0.1, -0.05) is 48.5 Å². The molecule has 0 atom stereocenters. The Balaban J connectivity index is -0.0000000546. The van der Waals surface area contributed by atoms with Gasteiger partial charge in [0.15, 0.2) is 0 Å². The van der Waals surface area contributed by atoms with Crippen LogP contribution in [0.15, 0.2) is 0 Å². The third-order valence-electron chi connectivity index (χ3n) is 3.36. The average Bonchev–Trinajstić information content (AvgIpc) is 3.10. The van der Waals surface area contributed by atoms with E-state index in [0.717, 1.165) is 0 Å². The van der Waals surface area contributed by atoms with Gasteiger partial charge in [0.2, 0.25) is 0 Å². The predicted octanol–water partition coefficient (Wildman–Crippen LogP) is 4.61. The van der Waals surface area contributed by atoms with Gasteiger partial charge in [0.25, 0.3) is 0 Å². The first kappa shape index (κ1) is 67.8. The first-order chi connectivity index (χ1) is 22.6. The fourth-order valence-electron chi connectivity index (χ4n) is 1.10. The molecular formula is C33H72O16. The van der Waals surface area contributed by atoms with E-state index in [2.05, 4.69) is 47.0 Å². The normalized spacial score (nSPS) is 7.96. The molecule has 0 amide bonds. The minimum absolute atomic E-state index is 0. The molecule has 0 aliphatic carbocycles. The number of esters is 6. The molecule has 0 saturated heterocycles. The molecule has 0 heterocycles. The van der Waals surface area contributed by atoms with Crippen molar-refractivity contribution in [2.75, 3.05) is 89.4 Å². The van der Waals surface area contributed by atoms with Crippen LogP contribution >= 0.6 is 0 Å². The fourth-order valence-corrected chi connectivity index (χ4v) is 1.10. The van der Waals surface area contributed by atoms with Crippen LogP contribution in [0.5, 0.6) is 0 Å². The van der Waals surface area contributed by atoms with E-state index in [1.165, 1.54) is 63.1 Å². The number of carbonyl (C=O) groups excluding carboxylic acids is 6. The highest BCUT2D eigenvalue weighted by atomic mass is 16.6. The smallest absolute Gasteiger partial charge is 0.331 e. The molecule has 0 unspecified atom stereocenters. The monoisotopic (exact) mass is 724 g/mol. The molecule has 16 nitrogen and oxygen atoms in total. The van der Waals surface area contributed by atoms with Crippen molar-refractivity contribution in [2.45, 2.75) is 95.6 Å². The minimum Gasteiger partial charge on any atom is -0.469 e. The molecule has 0 N–H and O–H groups in total. The van der Waals surface area contributed by atoms with Crippen LogP contribution in [0.25, 0.3) is 0 Å². The number of hydrogen-bond acceptors (Lipinski definition) is 16. The number of hydrogen-bond donors (Lipinski definition) is 0. The molecule has 49 heavy (non-hydrogen) atoms. The molecule has 0 aromatic rings. The quantitative estimate of drug-likeness (QED) is 0.200. The van der Waals surface area contributed by atoms with Crippen LogP contribution in [-0.4, -0.2) is 131 Å². The molecule has 0 aromatic carbocycles. The van der Waals surface area contributed by atoms with Crippen LogP contribution in [0.4, 0.5) is 0 Å². The van der Waals surface area contributed by atoms with E-state index in [9.17, 15) is 28.8 Å². The predicted molar refractivity (Wildman–Crippen MR) is 188 cm³/mol. The Morgan fingerprint density at radius 3 is 0.898 bits per heavy atom. The van der Waals surface area contributed by atoms with Crippen molar-refractivity contribution in [2.24, 2.45) is 0 Å². The highest BCUT2D eigenvalue weighted by Crippen LogP contribution is 1.87. The van der Waals surface area contributed by atoms with Crippen molar-refractivity contribution in [3.05, 3.63) is 0 Å². The summed E-state index contributed by atoms with van der Waals surface area (Å²) in [6.45, 7) is 20.1. The van der Waals surface area contributed by atoms with Crippen molar-refractivity contribution < 1.29 is 76.1 Å². The highest BCUT2D eigenvalue weighted by Gasteiger charge is 2.00. The van der Waals surface area contributed by atoms with Crippen LogP contribution < -0.4 is 0 Å². The summed E-state index contributed by atoms with van der Waals surface area (Å²) in [6, 6.07) is 0. The van der Waals surface area contributed by atoms with Crippen molar-refractivity contribution in [1.29, 1.82) is 0 Å². The summed E-state index contributed by atoms with van der Waals surface area (Å²) >= 11 is 0. The van der Waals surface area contributed by atoms with E-state index in [0.29, 0.717) is 19.6 Å². The first-order valence-corrected chi connectivity index (χ1v) is 15.2. The Kier molecular flexibility index (Phi) is 92.6. The third-order valence-corrected chi connectivity index (χ3v) is 3.36. The van der Waals surface area contributed by atoms with Gasteiger partial charge in [0.05, 0.1) is 48.8 Å². The van der Waals surface area contributed by atoms with Gasteiger partial charge in [-0.15, -0.1) is 0 Å². The van der Waals surface area contributed by atoms with Crippen molar-refractivity contribution in [3.8, 4) is 0 Å². The van der Waals surface area contributed by atoms with Crippen LogP contribution in [0, 0.1) is 0 Å². The van der Waals surface area contributed by atoms with E-state index >= 15 is 0 Å². The molecule has 16 heteroatoms. The van der Waals surface area contributed by atoms with Gasteiger partial charge in [-0.2, -0.15) is 0 Å². The molecule has 0 radical (unpaired) electrons. The van der Waals surface area contributed by atoms with Gasteiger partial charge < -0.3 is 47.4 Å². The van der Waals surface area contributed by atoms with Gasteiger partial charge in [0, 0.05) is 33.7 Å². The molecule has 0 saturated carbocycles. The first-order valence-electron chi connectivity index (χ1n) is 15.2. The SMILES string of the molecule is C.CC.CCC.CCC(=O)OC.CCOCC(=O)OC.CCOCC(=O)OC.COC(=O)COC(C)C.COC(C)=O.COCC(=O)OC. The zero-order chi connectivity index (χ0) is 39.8. The average molecular weight is 725 g/mol. The Morgan fingerprint density at radius 1 is 0.490 bits per heavy atom. The maximum atomic E-state index is 10.4. The van der Waals surface area contributed by atoms with Gasteiger partial charge >= 0.3 is 35.8 Å². The lowest BCUT2D eigenvalue weighted by atomic mass is 10.5. The second kappa shape index (κ2) is 66.9. The molecule has 0 fully saturated rings. The lowest BCUT2D eigenvalue weighted by Crippen LogP contribution is -2.14. The molecule has 0 aliphatic heterocycles. The summed E-state index contributed by atoms with van der Waals surface area (Å²) in [6.07, 6.45) is 1.81. The maximum Gasteiger partial charge on any atom is 0.331 e. The standard InChI is InChI=1S/C6H12O3.2C5H10O3.C4H8O3.C4H8O2.C3H6O2.C3H8.C2H6.CH4/c1-5(2)9-4-6(7)8-3;2*1-3-8-4-5(6)7-2;1-6-3-4(5)7-2;1-3-4(5)6-2;1-3(4)5-2;1-3-2;1-2;/h5H,4H2,1-3H3;2*3-4H2,1-2H3;3H2,1-2H3;3H2,1-2H3;1-2H3;3H2,1-2H3;1-2H3;1H4. The van der Waals surface area contributed by atoms with E-state index in [1.807, 2.05) is 41.5 Å². The van der Waals surface area contributed by atoms with E-state index < -0.39 is 0 Å². The number of methoxy groups -OCH3 is 7. The maximum absolute atomic E-state index is 10.4. The molecule has 0 spiro atoms. The summed E-state index contributed by atoms with van der Waals surface area (Å²) in [5, 5.41) is 0. The summed E-state index contributed by atoms with van der Waals surface area (Å²) in [7, 11) is 9.50. The Labute approximate surface area is 297 Å². The third kappa shape index (κ3) is 114. The second-order valence-corrected chi connectivity index (χ2v) is 7.70. The molecule has 300 valence electrons. The lowest BCUT2D eigenvalue weighted by Gasteiger charge is -2.04. The number of ether oxygens (including phenoxy) is 10. The lowest BCUT2D eigenvalue weighted by molar-refractivity contribution is -0.147. The summed E-state index contributed by atoms with van der Waals surface area (Å²) in [5.41, 5.74) is 0. The van der Waals surface area contributed by atoms with E-state index in [1.54, 1.807) is 6.92 Å². The topological polar surface area (TPSA) is 195 Å². The molecule has 0 aliphatic rings. The van der Waals surface area contributed by atoms with Gasteiger partial charge in [-0.3, -0.25) is 9.59 Å². The number of carbonyl (C=O) groups is 6. The Morgan fingerprint density at radius 2 is 0.755 bits per heavy atom. The number of rotatable bonds is 12. The summed E-state index contributed by atoms with van der Waals surface area (Å²) in [4.78, 5) is 60.4. The van der Waals surface area contributed by atoms with Gasteiger partial charge in [0.1, 0.15) is 26.4 Å². The van der Waals surface area contributed by atoms with Crippen LogP contribution in [-0.2, 0) is 76.1 Å². The van der Waals surface area contributed by atoms with Crippen LogP contribution in [0.2, 0.25) is 0 Å². The fraction of sp³-hybridized carbons (Fsp3) is 0.818. The highest BCUT2D eigenvalue weighted by molar-refractivity contribution is 5.71. The molecule has 0 bridgehead atoms. The Bertz CT molecular complexity index is 658. The van der Waals surface area contributed by atoms with Crippen molar-refractivity contribution >= 4 is 35.8 Å². The van der Waals surface area contributed by atoms with Crippen LogP contribution in [0.1, 0.15) is 89.5 Å². The van der Waals surface area contributed by atoms with Crippen molar-refractivity contribution in [3.63, 3.8) is 0 Å². The molecular weight excluding hydrogens is 652 g/mol. The molecule has 0 aromatic heterocycles. The largest absolute Gasteiger partial charge is 0.469 e. The van der Waals surface area contributed by atoms with Crippen LogP contribution in [0.3, 0.4) is 0 Å². The van der Waals surface area contributed by atoms with E-state index in [4.69, 9.17) is 14.2 Å². The summed E-state index contributed by atoms with van der Waals surface area (Å²) < 4.78 is 44.3. The summed E-state index contributed by atoms with van der Waals surface area (Å²) in [5.74, 6) is -1.73. The van der Waals surface area contributed by atoms with Gasteiger partial charge in [-0.05, 0) is 27.7 Å². The molecule has 0 rings (SSSR count). The second-order valence-electron chi connectivity index (χ2n) is 7.70. The van der Waals surface area contributed by atoms with E-state index in [-0.39, 0.29) is 75.8 Å². The Hall–Kier alpha value is -3.34. The zero-order valence-corrected chi connectivity index (χ0v) is 32.8. The van der Waals surface area contributed by atoms with Gasteiger partial charge in [-0.25, -0.2) is 19.2 Å². The zero-order valence-electron chi connectivity index (χ0n) is 32.8.